The Balaban J connectivity index is 2.65. The molecule has 1 aromatic carbocycles. The van der Waals surface area contributed by atoms with Crippen LogP contribution in [0.5, 0.6) is 5.75 Å². The topological polar surface area (TPSA) is 86.0 Å². The second kappa shape index (κ2) is 6.41. The number of rotatable bonds is 5. The molecule has 0 amide bonds. The molecule has 0 radical (unpaired) electrons. The second-order valence-electron chi connectivity index (χ2n) is 3.04. The lowest BCUT2D eigenvalue weighted by atomic mass is 10.2. The van der Waals surface area contributed by atoms with Crippen molar-refractivity contribution in [2.45, 2.75) is 6.43 Å². The van der Waals surface area contributed by atoms with Gasteiger partial charge in [-0.3, -0.25) is 0 Å². The monoisotopic (exact) mass is 242 g/mol. The molecule has 4 N–H and O–H groups in total. The average molecular weight is 242 g/mol. The highest BCUT2D eigenvalue weighted by atomic mass is 19.3. The van der Waals surface area contributed by atoms with Gasteiger partial charge in [0, 0.05) is 0 Å². The van der Waals surface area contributed by atoms with Gasteiger partial charge < -0.3 is 16.2 Å². The molecule has 0 atom stereocenters. The Morgan fingerprint density at radius 2 is 2.18 bits per heavy atom. The summed E-state index contributed by atoms with van der Waals surface area (Å²) in [5.41, 5.74) is 10.8. The molecule has 0 saturated heterocycles. The molecule has 0 unspecified atom stereocenters. The highest BCUT2D eigenvalue weighted by Gasteiger charge is 2.03. The van der Waals surface area contributed by atoms with E-state index in [4.69, 9.17) is 16.2 Å². The number of hydrogen-bond donors (Lipinski definition) is 2. The van der Waals surface area contributed by atoms with Crippen LogP contribution in [-0.2, 0) is 0 Å². The van der Waals surface area contributed by atoms with E-state index in [1.807, 2.05) is 0 Å². The number of ether oxygens (including phenoxy) is 1. The first kappa shape index (κ1) is 12.9. The molecular weight excluding hydrogens is 230 g/mol. The van der Waals surface area contributed by atoms with E-state index >= 15 is 0 Å². The molecule has 7 heteroatoms. The van der Waals surface area contributed by atoms with Gasteiger partial charge in [0.05, 0.1) is 6.21 Å². The first-order chi connectivity index (χ1) is 8.08. The van der Waals surface area contributed by atoms with E-state index in [1.54, 1.807) is 24.3 Å². The molecule has 17 heavy (non-hydrogen) atoms. The third kappa shape index (κ3) is 5.45. The highest BCUT2D eigenvalue weighted by Crippen LogP contribution is 2.12. The van der Waals surface area contributed by atoms with Crippen molar-refractivity contribution in [2.24, 2.45) is 21.7 Å². The molecule has 0 aliphatic rings. The van der Waals surface area contributed by atoms with E-state index in [0.29, 0.717) is 11.3 Å². The van der Waals surface area contributed by atoms with Crippen LogP contribution in [-0.4, -0.2) is 25.2 Å². The van der Waals surface area contributed by atoms with Gasteiger partial charge in [0.2, 0.25) is 5.96 Å². The van der Waals surface area contributed by atoms with Gasteiger partial charge in [-0.05, 0) is 17.7 Å². The summed E-state index contributed by atoms with van der Waals surface area (Å²) in [7, 11) is 0. The fourth-order valence-corrected chi connectivity index (χ4v) is 1.01. The van der Waals surface area contributed by atoms with Crippen molar-refractivity contribution in [3.63, 3.8) is 0 Å². The molecule has 1 aromatic rings. The summed E-state index contributed by atoms with van der Waals surface area (Å²) in [5, 5.41) is 6.99. The minimum atomic E-state index is -2.51. The molecule has 0 bridgehead atoms. The standard InChI is InChI=1S/C10H12F2N4O/c11-9(12)6-17-8-3-1-2-7(4-8)5-15-16-10(13)14/h1-5,9H,6H2,(H4,13,14,16). The maximum absolute atomic E-state index is 11.9. The Labute approximate surface area is 96.8 Å². The van der Waals surface area contributed by atoms with Crippen molar-refractivity contribution >= 4 is 12.2 Å². The van der Waals surface area contributed by atoms with E-state index in [0.717, 1.165) is 0 Å². The summed E-state index contributed by atoms with van der Waals surface area (Å²) in [6.07, 6.45) is -1.12. The molecule has 1 rings (SSSR count). The van der Waals surface area contributed by atoms with Gasteiger partial charge in [-0.1, -0.05) is 12.1 Å². The van der Waals surface area contributed by atoms with Crippen LogP contribution in [0.3, 0.4) is 0 Å². The molecule has 0 aliphatic carbocycles. The summed E-state index contributed by atoms with van der Waals surface area (Å²) < 4.78 is 28.7. The predicted octanol–water partition coefficient (Wildman–Crippen LogP) is 0.938. The zero-order valence-corrected chi connectivity index (χ0v) is 8.88. The molecule has 0 spiro atoms. The molecule has 92 valence electrons. The smallest absolute Gasteiger partial charge is 0.272 e. The fourth-order valence-electron chi connectivity index (χ4n) is 1.01. The number of alkyl halides is 2. The number of halogens is 2. The van der Waals surface area contributed by atoms with Crippen molar-refractivity contribution in [1.82, 2.24) is 0 Å². The molecule has 0 aromatic heterocycles. The first-order valence-electron chi connectivity index (χ1n) is 4.71. The van der Waals surface area contributed by atoms with Gasteiger partial charge in [0.15, 0.2) is 0 Å². The maximum Gasteiger partial charge on any atom is 0.272 e. The zero-order valence-electron chi connectivity index (χ0n) is 8.88. The minimum absolute atomic E-state index is 0.161. The average Bonchev–Trinajstić information content (AvgIpc) is 2.26. The lowest BCUT2D eigenvalue weighted by Gasteiger charge is -2.05. The highest BCUT2D eigenvalue weighted by molar-refractivity contribution is 5.81. The summed E-state index contributed by atoms with van der Waals surface area (Å²) in [6.45, 7) is -0.644. The van der Waals surface area contributed by atoms with Crippen LogP contribution in [0.25, 0.3) is 0 Å². The molecular formula is C10H12F2N4O. The number of nitrogens with zero attached hydrogens (tertiary/aromatic N) is 2. The summed E-state index contributed by atoms with van der Waals surface area (Å²) in [4.78, 5) is 0. The quantitative estimate of drug-likeness (QED) is 0.457. The van der Waals surface area contributed by atoms with E-state index in [1.165, 1.54) is 6.21 Å². The SMILES string of the molecule is NC(N)=NN=Cc1cccc(OCC(F)F)c1. The summed E-state index contributed by atoms with van der Waals surface area (Å²) >= 11 is 0. The Morgan fingerprint density at radius 3 is 2.82 bits per heavy atom. The molecule has 0 saturated carbocycles. The van der Waals surface area contributed by atoms with Crippen LogP contribution < -0.4 is 16.2 Å². The minimum Gasteiger partial charge on any atom is -0.488 e. The van der Waals surface area contributed by atoms with Gasteiger partial charge in [0.1, 0.15) is 12.4 Å². The molecule has 0 heterocycles. The van der Waals surface area contributed by atoms with Crippen molar-refractivity contribution in [1.29, 1.82) is 0 Å². The lowest BCUT2D eigenvalue weighted by molar-refractivity contribution is 0.0819. The predicted molar refractivity (Wildman–Crippen MR) is 61.3 cm³/mol. The Morgan fingerprint density at radius 1 is 1.41 bits per heavy atom. The van der Waals surface area contributed by atoms with Crippen molar-refractivity contribution in [3.05, 3.63) is 29.8 Å². The van der Waals surface area contributed by atoms with Crippen LogP contribution >= 0.6 is 0 Å². The van der Waals surface area contributed by atoms with Crippen molar-refractivity contribution in [2.75, 3.05) is 6.61 Å². The number of nitrogens with two attached hydrogens (primary N) is 2. The summed E-state index contributed by atoms with van der Waals surface area (Å²) in [5.74, 6) is 0.172. The zero-order chi connectivity index (χ0) is 12.7. The van der Waals surface area contributed by atoms with Gasteiger partial charge >= 0.3 is 0 Å². The molecule has 0 fully saturated rings. The van der Waals surface area contributed by atoms with Crippen molar-refractivity contribution in [3.8, 4) is 5.75 Å². The lowest BCUT2D eigenvalue weighted by Crippen LogP contribution is -2.21. The van der Waals surface area contributed by atoms with Crippen LogP contribution in [0, 0.1) is 0 Å². The van der Waals surface area contributed by atoms with Crippen molar-refractivity contribution < 1.29 is 13.5 Å². The fraction of sp³-hybridized carbons (Fsp3) is 0.200. The van der Waals surface area contributed by atoms with Gasteiger partial charge in [-0.15, -0.1) is 5.10 Å². The Kier molecular flexibility index (Phi) is 4.86. The summed E-state index contributed by atoms with van der Waals surface area (Å²) in [6, 6.07) is 6.48. The van der Waals surface area contributed by atoms with E-state index < -0.39 is 13.0 Å². The van der Waals surface area contributed by atoms with E-state index in [2.05, 4.69) is 10.2 Å². The van der Waals surface area contributed by atoms with Crippen LogP contribution in [0.1, 0.15) is 5.56 Å². The van der Waals surface area contributed by atoms with Crippen LogP contribution in [0.15, 0.2) is 34.5 Å². The number of hydrogen-bond acceptors (Lipinski definition) is 3. The third-order valence-electron chi connectivity index (χ3n) is 1.61. The molecule has 0 aliphatic heterocycles. The number of guanidine groups is 1. The Hall–Kier alpha value is -2.18. The van der Waals surface area contributed by atoms with E-state index in [-0.39, 0.29) is 5.96 Å². The van der Waals surface area contributed by atoms with Crippen LogP contribution in [0.2, 0.25) is 0 Å². The van der Waals surface area contributed by atoms with E-state index in [9.17, 15) is 8.78 Å². The van der Waals surface area contributed by atoms with Gasteiger partial charge in [-0.25, -0.2) is 8.78 Å². The second-order valence-corrected chi connectivity index (χ2v) is 3.04. The maximum atomic E-state index is 11.9. The number of benzene rings is 1. The van der Waals surface area contributed by atoms with Crippen LogP contribution in [0.4, 0.5) is 8.78 Å². The van der Waals surface area contributed by atoms with Gasteiger partial charge in [0.25, 0.3) is 6.43 Å². The largest absolute Gasteiger partial charge is 0.488 e. The molecule has 5 nitrogen and oxygen atoms in total. The Bertz CT molecular complexity index is 417. The normalized spacial score (nSPS) is 10.8. The van der Waals surface area contributed by atoms with Gasteiger partial charge in [-0.2, -0.15) is 5.10 Å². The first-order valence-corrected chi connectivity index (χ1v) is 4.71. The third-order valence-corrected chi connectivity index (χ3v) is 1.61.